The first-order valence-electron chi connectivity index (χ1n) is 9.68. The summed E-state index contributed by atoms with van der Waals surface area (Å²) in [7, 11) is 0. The number of carbonyl (C=O) groups excluding carboxylic acids is 1. The highest BCUT2D eigenvalue weighted by Crippen LogP contribution is 2.22. The summed E-state index contributed by atoms with van der Waals surface area (Å²) in [5, 5.41) is 15.4. The molecule has 3 aromatic rings. The minimum Gasteiger partial charge on any atom is -0.491 e. The summed E-state index contributed by atoms with van der Waals surface area (Å²) in [6.07, 6.45) is 6.20. The van der Waals surface area contributed by atoms with E-state index in [9.17, 15) is 4.79 Å². The van der Waals surface area contributed by atoms with Crippen molar-refractivity contribution in [2.24, 2.45) is 0 Å². The van der Waals surface area contributed by atoms with Crippen molar-refractivity contribution in [3.63, 3.8) is 0 Å². The maximum atomic E-state index is 12.3. The van der Waals surface area contributed by atoms with Gasteiger partial charge in [0.15, 0.2) is 5.69 Å². The summed E-state index contributed by atoms with van der Waals surface area (Å²) in [6.45, 7) is 2.95. The molecule has 0 aliphatic carbocycles. The number of amides is 1. The average Bonchev–Trinajstić information content (AvgIpc) is 3.25. The maximum absolute atomic E-state index is 12.3. The molecule has 3 heterocycles. The first kappa shape index (κ1) is 23.9. The SMILES string of the molecule is Cl.Cl.O=C(NCCCOc1cccc2cccnc12)c1cn(C2CCNCC2)nn1. The quantitative estimate of drug-likeness (QED) is 0.535. The van der Waals surface area contributed by atoms with Gasteiger partial charge in [-0.05, 0) is 44.5 Å². The molecule has 0 saturated carbocycles. The Balaban J connectivity index is 0.00000160. The molecular formula is C20H26Cl2N6O2. The zero-order valence-electron chi connectivity index (χ0n) is 16.5. The molecule has 30 heavy (non-hydrogen) atoms. The van der Waals surface area contributed by atoms with Crippen molar-refractivity contribution in [1.29, 1.82) is 0 Å². The molecule has 1 saturated heterocycles. The van der Waals surface area contributed by atoms with Crippen LogP contribution in [0.1, 0.15) is 35.8 Å². The Morgan fingerprint density at radius 3 is 2.83 bits per heavy atom. The lowest BCUT2D eigenvalue weighted by molar-refractivity contribution is 0.0946. The summed E-state index contributed by atoms with van der Waals surface area (Å²) in [5.41, 5.74) is 1.21. The fourth-order valence-corrected chi connectivity index (χ4v) is 3.37. The van der Waals surface area contributed by atoms with E-state index in [0.717, 1.165) is 42.6 Å². The fraction of sp³-hybridized carbons (Fsp3) is 0.400. The van der Waals surface area contributed by atoms with Gasteiger partial charge in [-0.15, -0.1) is 29.9 Å². The lowest BCUT2D eigenvalue weighted by Crippen LogP contribution is -2.29. The van der Waals surface area contributed by atoms with Gasteiger partial charge in [-0.25, -0.2) is 4.68 Å². The molecule has 1 amide bonds. The van der Waals surface area contributed by atoms with Crippen molar-refractivity contribution >= 4 is 41.6 Å². The van der Waals surface area contributed by atoms with Gasteiger partial charge in [-0.2, -0.15) is 0 Å². The van der Waals surface area contributed by atoms with Crippen LogP contribution in [0, 0.1) is 0 Å². The Morgan fingerprint density at radius 1 is 1.20 bits per heavy atom. The average molecular weight is 453 g/mol. The normalized spacial score (nSPS) is 13.9. The summed E-state index contributed by atoms with van der Waals surface area (Å²) in [4.78, 5) is 16.6. The first-order chi connectivity index (χ1) is 13.8. The third-order valence-corrected chi connectivity index (χ3v) is 4.89. The van der Waals surface area contributed by atoms with Crippen molar-refractivity contribution in [3.8, 4) is 5.75 Å². The molecule has 2 aromatic heterocycles. The Hall–Kier alpha value is -2.42. The number of piperidine rings is 1. The summed E-state index contributed by atoms with van der Waals surface area (Å²) >= 11 is 0. The predicted octanol–water partition coefficient (Wildman–Crippen LogP) is 2.79. The molecule has 1 aliphatic rings. The van der Waals surface area contributed by atoms with Crippen LogP contribution in [0.15, 0.2) is 42.7 Å². The third kappa shape index (κ3) is 5.81. The number of benzene rings is 1. The van der Waals surface area contributed by atoms with Crippen molar-refractivity contribution in [2.75, 3.05) is 26.2 Å². The van der Waals surface area contributed by atoms with Crippen LogP contribution in [-0.2, 0) is 0 Å². The first-order valence-corrected chi connectivity index (χ1v) is 9.68. The standard InChI is InChI=1S/C20H24N6O2.2ClH/c27-20(17-14-26(25-24-17)16-7-11-21-12-8-16)23-10-3-13-28-18-6-1-4-15-5-2-9-22-19(15)18;;/h1-2,4-6,9,14,16,21H,3,7-8,10-13H2,(H,23,27);2*1H. The molecule has 162 valence electrons. The van der Waals surface area contributed by atoms with Crippen LogP contribution in [0.3, 0.4) is 0 Å². The molecule has 0 unspecified atom stereocenters. The van der Waals surface area contributed by atoms with Crippen LogP contribution in [0.2, 0.25) is 0 Å². The fourth-order valence-electron chi connectivity index (χ4n) is 3.37. The van der Waals surface area contributed by atoms with Gasteiger partial charge >= 0.3 is 0 Å². The summed E-state index contributed by atoms with van der Waals surface area (Å²) in [6, 6.07) is 10.1. The molecule has 0 atom stereocenters. The van der Waals surface area contributed by atoms with Crippen LogP contribution in [0.4, 0.5) is 0 Å². The Labute approximate surface area is 187 Å². The largest absolute Gasteiger partial charge is 0.491 e. The highest BCUT2D eigenvalue weighted by Gasteiger charge is 2.18. The Kier molecular flexibility index (Phi) is 9.29. The lowest BCUT2D eigenvalue weighted by Gasteiger charge is -2.22. The molecule has 0 spiro atoms. The van der Waals surface area contributed by atoms with Gasteiger partial charge in [0.05, 0.1) is 18.8 Å². The number of carbonyl (C=O) groups is 1. The van der Waals surface area contributed by atoms with E-state index in [1.54, 1.807) is 12.4 Å². The number of fused-ring (bicyclic) bond motifs is 1. The van der Waals surface area contributed by atoms with Gasteiger partial charge in [0.25, 0.3) is 5.91 Å². The van der Waals surface area contributed by atoms with Crippen LogP contribution in [-0.4, -0.2) is 52.1 Å². The van der Waals surface area contributed by atoms with Gasteiger partial charge < -0.3 is 15.4 Å². The molecule has 8 nitrogen and oxygen atoms in total. The van der Waals surface area contributed by atoms with Crippen molar-refractivity contribution in [1.82, 2.24) is 30.6 Å². The molecule has 2 N–H and O–H groups in total. The minimum atomic E-state index is -0.202. The second kappa shape index (κ2) is 11.7. The summed E-state index contributed by atoms with van der Waals surface area (Å²) in [5.74, 6) is 0.557. The highest BCUT2D eigenvalue weighted by molar-refractivity contribution is 5.91. The number of aromatic nitrogens is 4. The number of halogens is 2. The van der Waals surface area contributed by atoms with E-state index in [2.05, 4.69) is 25.9 Å². The zero-order chi connectivity index (χ0) is 19.2. The van der Waals surface area contributed by atoms with Crippen LogP contribution in [0.25, 0.3) is 10.9 Å². The molecule has 10 heteroatoms. The number of para-hydroxylation sites is 1. The van der Waals surface area contributed by atoms with Gasteiger partial charge in [0.1, 0.15) is 11.3 Å². The van der Waals surface area contributed by atoms with E-state index in [-0.39, 0.29) is 30.7 Å². The van der Waals surface area contributed by atoms with Crippen molar-refractivity contribution < 1.29 is 9.53 Å². The van der Waals surface area contributed by atoms with E-state index >= 15 is 0 Å². The smallest absolute Gasteiger partial charge is 0.273 e. The topological polar surface area (TPSA) is 94.0 Å². The molecule has 1 aromatic carbocycles. The van der Waals surface area contributed by atoms with E-state index in [4.69, 9.17) is 4.74 Å². The zero-order valence-corrected chi connectivity index (χ0v) is 18.1. The van der Waals surface area contributed by atoms with E-state index in [1.807, 2.05) is 35.0 Å². The van der Waals surface area contributed by atoms with Crippen molar-refractivity contribution in [2.45, 2.75) is 25.3 Å². The number of rotatable bonds is 7. The Bertz CT molecular complexity index is 940. The molecule has 1 aliphatic heterocycles. The molecule has 0 bridgehead atoms. The van der Waals surface area contributed by atoms with Gasteiger partial charge in [0, 0.05) is 18.1 Å². The number of hydrogen-bond acceptors (Lipinski definition) is 6. The molecule has 1 fully saturated rings. The van der Waals surface area contributed by atoms with Crippen LogP contribution < -0.4 is 15.4 Å². The lowest BCUT2D eigenvalue weighted by atomic mass is 10.1. The monoisotopic (exact) mass is 452 g/mol. The summed E-state index contributed by atoms with van der Waals surface area (Å²) < 4.78 is 7.65. The Morgan fingerprint density at radius 2 is 2.00 bits per heavy atom. The highest BCUT2D eigenvalue weighted by atomic mass is 35.5. The number of ether oxygens (including phenoxy) is 1. The number of hydrogen-bond donors (Lipinski definition) is 2. The van der Waals surface area contributed by atoms with Gasteiger partial charge in [-0.3, -0.25) is 9.78 Å². The number of pyridine rings is 1. The number of nitrogens with zero attached hydrogens (tertiary/aromatic N) is 4. The van der Waals surface area contributed by atoms with E-state index in [1.165, 1.54) is 0 Å². The second-order valence-electron chi connectivity index (χ2n) is 6.85. The maximum Gasteiger partial charge on any atom is 0.273 e. The molecular weight excluding hydrogens is 427 g/mol. The number of nitrogens with one attached hydrogen (secondary N) is 2. The van der Waals surface area contributed by atoms with Crippen LogP contribution in [0.5, 0.6) is 5.75 Å². The van der Waals surface area contributed by atoms with E-state index in [0.29, 0.717) is 31.3 Å². The predicted molar refractivity (Wildman–Crippen MR) is 120 cm³/mol. The van der Waals surface area contributed by atoms with Gasteiger partial charge in [-0.1, -0.05) is 23.4 Å². The van der Waals surface area contributed by atoms with E-state index < -0.39 is 0 Å². The molecule has 4 rings (SSSR count). The molecule has 0 radical (unpaired) electrons. The second-order valence-corrected chi connectivity index (χ2v) is 6.85. The van der Waals surface area contributed by atoms with Crippen molar-refractivity contribution in [3.05, 3.63) is 48.4 Å². The minimum absolute atomic E-state index is 0. The van der Waals surface area contributed by atoms with Gasteiger partial charge in [0.2, 0.25) is 0 Å². The third-order valence-electron chi connectivity index (χ3n) is 4.89. The van der Waals surface area contributed by atoms with Crippen LogP contribution >= 0.6 is 24.8 Å².